The van der Waals surface area contributed by atoms with Crippen LogP contribution in [0.25, 0.3) is 10.8 Å². The molecule has 182 valence electrons. The number of rotatable bonds is 8. The molecule has 0 saturated heterocycles. The molecule has 36 heavy (non-hydrogen) atoms. The van der Waals surface area contributed by atoms with Crippen molar-refractivity contribution < 1.29 is 24.3 Å². The fourth-order valence-electron chi connectivity index (χ4n) is 3.46. The summed E-state index contributed by atoms with van der Waals surface area (Å²) in [6.07, 6.45) is 1.46. The van der Waals surface area contributed by atoms with Crippen LogP contribution in [0, 0.1) is 13.7 Å². The Morgan fingerprint density at radius 3 is 2.47 bits per heavy atom. The number of amides is 1. The van der Waals surface area contributed by atoms with Crippen molar-refractivity contribution in [2.75, 3.05) is 7.11 Å². The van der Waals surface area contributed by atoms with E-state index in [1.54, 1.807) is 30.3 Å². The van der Waals surface area contributed by atoms with Crippen LogP contribution in [0.15, 0.2) is 77.9 Å². The number of methoxy groups -OCH3 is 1. The Bertz CT molecular complexity index is 1470. The molecule has 0 radical (unpaired) electrons. The maximum absolute atomic E-state index is 12.6. The van der Waals surface area contributed by atoms with Gasteiger partial charge >= 0.3 is 0 Å². The predicted octanol–water partition coefficient (Wildman–Crippen LogP) is 5.41. The van der Waals surface area contributed by atoms with Gasteiger partial charge in [-0.3, -0.25) is 14.9 Å². The average molecular weight is 597 g/mol. The van der Waals surface area contributed by atoms with Gasteiger partial charge in [0.15, 0.2) is 11.5 Å². The van der Waals surface area contributed by atoms with Gasteiger partial charge in [0.25, 0.3) is 11.6 Å². The lowest BCUT2D eigenvalue weighted by Crippen LogP contribution is -2.17. The van der Waals surface area contributed by atoms with Gasteiger partial charge in [-0.2, -0.15) is 5.10 Å². The summed E-state index contributed by atoms with van der Waals surface area (Å²) in [5.41, 5.74) is 3.98. The summed E-state index contributed by atoms with van der Waals surface area (Å²) >= 11 is 2.10. The number of hydrazone groups is 1. The zero-order valence-corrected chi connectivity index (χ0v) is 21.1. The summed E-state index contributed by atoms with van der Waals surface area (Å²) in [5, 5.41) is 26.7. The molecule has 0 fully saturated rings. The minimum atomic E-state index is -0.542. The highest BCUT2D eigenvalue weighted by molar-refractivity contribution is 14.1. The largest absolute Gasteiger partial charge is 0.507 e. The third-order valence-electron chi connectivity index (χ3n) is 5.27. The Morgan fingerprint density at radius 1 is 1.11 bits per heavy atom. The first kappa shape index (κ1) is 24.9. The topological polar surface area (TPSA) is 123 Å². The first-order valence-corrected chi connectivity index (χ1v) is 11.7. The van der Waals surface area contributed by atoms with Crippen LogP contribution in [-0.4, -0.2) is 29.3 Å². The normalized spacial score (nSPS) is 10.9. The molecule has 9 nitrogen and oxygen atoms in total. The first-order valence-electron chi connectivity index (χ1n) is 10.6. The number of nitrogens with zero attached hydrogens (tertiary/aromatic N) is 2. The van der Waals surface area contributed by atoms with E-state index in [9.17, 15) is 20.0 Å². The summed E-state index contributed by atoms with van der Waals surface area (Å²) in [7, 11) is 1.51. The number of benzene rings is 4. The van der Waals surface area contributed by atoms with Gasteiger partial charge in [-0.05, 0) is 80.9 Å². The molecule has 2 N–H and O–H groups in total. The zero-order chi connectivity index (χ0) is 25.7. The third kappa shape index (κ3) is 5.71. The molecule has 0 unspecified atom stereocenters. The van der Waals surface area contributed by atoms with E-state index in [1.165, 1.54) is 31.5 Å². The lowest BCUT2D eigenvalue weighted by atomic mass is 10.1. The minimum Gasteiger partial charge on any atom is -0.507 e. The van der Waals surface area contributed by atoms with Gasteiger partial charge in [0.2, 0.25) is 0 Å². The van der Waals surface area contributed by atoms with Crippen molar-refractivity contribution in [1.82, 2.24) is 5.43 Å². The number of hydrogen-bond donors (Lipinski definition) is 2. The predicted molar refractivity (Wildman–Crippen MR) is 144 cm³/mol. The monoisotopic (exact) mass is 597 g/mol. The maximum atomic E-state index is 12.6. The number of aromatic hydroxyl groups is 1. The van der Waals surface area contributed by atoms with E-state index in [1.807, 2.05) is 24.3 Å². The molecule has 0 aliphatic heterocycles. The molecule has 4 aromatic carbocycles. The number of carbonyl (C=O) groups excluding carboxylic acids is 1. The Balaban J connectivity index is 1.45. The molecule has 10 heteroatoms. The highest BCUT2D eigenvalue weighted by Gasteiger charge is 2.14. The van der Waals surface area contributed by atoms with Gasteiger partial charge < -0.3 is 14.6 Å². The summed E-state index contributed by atoms with van der Waals surface area (Å²) in [4.78, 5) is 22.9. The number of phenols is 1. The number of non-ortho nitro benzene ring substituents is 1. The van der Waals surface area contributed by atoms with E-state index in [0.717, 1.165) is 19.9 Å². The molecule has 0 aromatic heterocycles. The molecule has 0 spiro atoms. The Morgan fingerprint density at radius 2 is 1.81 bits per heavy atom. The van der Waals surface area contributed by atoms with Crippen molar-refractivity contribution in [2.24, 2.45) is 5.10 Å². The molecule has 0 aliphatic rings. The maximum Gasteiger partial charge on any atom is 0.275 e. The average Bonchev–Trinajstić information content (AvgIpc) is 2.87. The Kier molecular flexibility index (Phi) is 7.64. The summed E-state index contributed by atoms with van der Waals surface area (Å²) in [6.45, 7) is 0.198. The number of fused-ring (bicyclic) bond motifs is 1. The van der Waals surface area contributed by atoms with Gasteiger partial charge in [0, 0.05) is 12.1 Å². The van der Waals surface area contributed by atoms with Crippen molar-refractivity contribution in [3.63, 3.8) is 0 Å². The number of hydrogen-bond acceptors (Lipinski definition) is 7. The smallest absolute Gasteiger partial charge is 0.275 e. The Labute approximate surface area is 219 Å². The second-order valence-corrected chi connectivity index (χ2v) is 8.82. The SMILES string of the molecule is COc1cc(C=NNC(=O)c2cc3ccccc3cc2O)cc(I)c1OCc1ccc([N+](=O)[O-])cc1. The molecular formula is C26H20IN3O6. The standard InChI is InChI=1S/C26H20IN3O6/c1-35-24-11-17(10-22(27)25(24)36-15-16-6-8-20(9-7-16)30(33)34)14-28-29-26(32)21-12-18-4-2-3-5-19(18)13-23(21)31/h2-14,31H,15H2,1H3,(H,29,32). The van der Waals surface area contributed by atoms with Crippen LogP contribution in [0.2, 0.25) is 0 Å². The highest BCUT2D eigenvalue weighted by atomic mass is 127. The van der Waals surface area contributed by atoms with E-state index in [0.29, 0.717) is 17.1 Å². The number of ether oxygens (including phenoxy) is 2. The van der Waals surface area contributed by atoms with Crippen molar-refractivity contribution >= 4 is 51.2 Å². The van der Waals surface area contributed by atoms with Crippen LogP contribution < -0.4 is 14.9 Å². The second-order valence-electron chi connectivity index (χ2n) is 7.66. The molecule has 1 amide bonds. The van der Waals surface area contributed by atoms with Crippen molar-refractivity contribution in [2.45, 2.75) is 6.61 Å². The quantitative estimate of drug-likeness (QED) is 0.121. The van der Waals surface area contributed by atoms with E-state index in [2.05, 4.69) is 33.1 Å². The van der Waals surface area contributed by atoms with Gasteiger partial charge in [-0.1, -0.05) is 24.3 Å². The summed E-state index contributed by atoms with van der Waals surface area (Å²) in [6, 6.07) is 20.2. The summed E-state index contributed by atoms with van der Waals surface area (Å²) in [5.74, 6) is 0.300. The number of halogens is 1. The first-order chi connectivity index (χ1) is 17.4. The van der Waals surface area contributed by atoms with Crippen molar-refractivity contribution in [3.05, 3.63) is 103 Å². The van der Waals surface area contributed by atoms with Gasteiger partial charge in [0.1, 0.15) is 12.4 Å². The number of phenolic OH excluding ortho intramolecular Hbond substituents is 1. The van der Waals surface area contributed by atoms with Crippen LogP contribution in [0.5, 0.6) is 17.2 Å². The lowest BCUT2D eigenvalue weighted by molar-refractivity contribution is -0.384. The second kappa shape index (κ2) is 11.0. The number of carbonyl (C=O) groups is 1. The van der Waals surface area contributed by atoms with E-state index in [-0.39, 0.29) is 23.6 Å². The van der Waals surface area contributed by atoms with Gasteiger partial charge in [0.05, 0.1) is 27.4 Å². The number of nitro groups is 1. The van der Waals surface area contributed by atoms with Crippen molar-refractivity contribution in [1.29, 1.82) is 0 Å². The molecule has 0 atom stereocenters. The Hall–Kier alpha value is -4.19. The van der Waals surface area contributed by atoms with Crippen LogP contribution in [0.4, 0.5) is 5.69 Å². The van der Waals surface area contributed by atoms with E-state index < -0.39 is 10.8 Å². The van der Waals surface area contributed by atoms with Gasteiger partial charge in [-0.25, -0.2) is 5.43 Å². The molecule has 0 heterocycles. The zero-order valence-electron chi connectivity index (χ0n) is 19.0. The molecule has 0 aliphatic carbocycles. The van der Waals surface area contributed by atoms with E-state index >= 15 is 0 Å². The number of nitrogens with one attached hydrogen (secondary N) is 1. The van der Waals surface area contributed by atoms with Gasteiger partial charge in [-0.15, -0.1) is 0 Å². The molecule has 4 rings (SSSR count). The van der Waals surface area contributed by atoms with Crippen LogP contribution in [-0.2, 0) is 6.61 Å². The van der Waals surface area contributed by atoms with Crippen LogP contribution >= 0.6 is 22.6 Å². The van der Waals surface area contributed by atoms with E-state index in [4.69, 9.17) is 9.47 Å². The van der Waals surface area contributed by atoms with Crippen LogP contribution in [0.3, 0.4) is 0 Å². The highest BCUT2D eigenvalue weighted by Crippen LogP contribution is 2.34. The minimum absolute atomic E-state index is 0.0115. The summed E-state index contributed by atoms with van der Waals surface area (Å²) < 4.78 is 12.1. The molecule has 4 aromatic rings. The fraction of sp³-hybridized carbons (Fsp3) is 0.0769. The van der Waals surface area contributed by atoms with Crippen molar-refractivity contribution in [3.8, 4) is 17.2 Å². The third-order valence-corrected chi connectivity index (χ3v) is 6.07. The molecular weight excluding hydrogens is 577 g/mol. The lowest BCUT2D eigenvalue weighted by Gasteiger charge is -2.13. The fourth-order valence-corrected chi connectivity index (χ4v) is 4.24. The number of nitro benzene ring substituents is 1. The molecule has 0 bridgehead atoms. The molecule has 0 saturated carbocycles. The van der Waals surface area contributed by atoms with Crippen LogP contribution in [0.1, 0.15) is 21.5 Å².